The van der Waals surface area contributed by atoms with Gasteiger partial charge in [0.25, 0.3) is 0 Å². The quantitative estimate of drug-likeness (QED) is 0.455. The summed E-state index contributed by atoms with van der Waals surface area (Å²) in [6.07, 6.45) is 0.667. The summed E-state index contributed by atoms with van der Waals surface area (Å²) in [7, 11) is 0. The molecule has 0 bridgehead atoms. The van der Waals surface area contributed by atoms with Gasteiger partial charge in [-0.05, 0) is 42.3 Å². The van der Waals surface area contributed by atoms with Crippen LogP contribution in [0, 0.1) is 0 Å². The number of carbonyl (C=O) groups excluding carboxylic acids is 2. The molecule has 0 heterocycles. The molecule has 3 aromatic rings. The molecule has 3 aromatic carbocycles. The molecule has 0 spiro atoms. The predicted molar refractivity (Wildman–Crippen MR) is 115 cm³/mol. The fourth-order valence-corrected chi connectivity index (χ4v) is 3.42. The van der Waals surface area contributed by atoms with Gasteiger partial charge in [0.15, 0.2) is 5.78 Å². The lowest BCUT2D eigenvalue weighted by atomic mass is 10.0. The zero-order valence-corrected chi connectivity index (χ0v) is 17.0. The summed E-state index contributed by atoms with van der Waals surface area (Å²) in [5.41, 5.74) is 2.12. The third-order valence-electron chi connectivity index (χ3n) is 4.17. The van der Waals surface area contributed by atoms with Crippen molar-refractivity contribution in [2.45, 2.75) is 12.8 Å². The van der Waals surface area contributed by atoms with Crippen molar-refractivity contribution >= 4 is 52.2 Å². The number of hydrogen-bond donors (Lipinski definition) is 1. The average molecular weight is 433 g/mol. The molecule has 3 rings (SSSR count). The Morgan fingerprint density at radius 3 is 2.21 bits per heavy atom. The molecule has 1 amide bonds. The molecule has 0 aliphatic rings. The molecule has 0 aliphatic carbocycles. The second kappa shape index (κ2) is 9.24. The number of anilines is 1. The van der Waals surface area contributed by atoms with Crippen LogP contribution in [0.4, 0.5) is 5.69 Å². The molecule has 0 saturated carbocycles. The Balaban J connectivity index is 1.75. The number of nitrogens with one attached hydrogen (secondary N) is 1. The Kier molecular flexibility index (Phi) is 6.74. The minimum absolute atomic E-state index is 0.209. The van der Waals surface area contributed by atoms with E-state index < -0.39 is 0 Å². The summed E-state index contributed by atoms with van der Waals surface area (Å²) in [5.74, 6) is -0.436. The normalized spacial score (nSPS) is 10.5. The van der Waals surface area contributed by atoms with Crippen LogP contribution in [0.25, 0.3) is 0 Å². The molecule has 0 aromatic heterocycles. The van der Waals surface area contributed by atoms with Crippen molar-refractivity contribution in [2.24, 2.45) is 0 Å². The first kappa shape index (κ1) is 20.4. The Morgan fingerprint density at radius 2 is 1.50 bits per heavy atom. The number of ketones is 1. The SMILES string of the molecule is O=C(CCc1ccc(Cl)cc1Cl)Nc1ccc(Cl)cc1C(=O)c1ccccc1. The van der Waals surface area contributed by atoms with Crippen LogP contribution in [0.1, 0.15) is 27.9 Å². The van der Waals surface area contributed by atoms with Crippen LogP contribution < -0.4 is 5.32 Å². The van der Waals surface area contributed by atoms with E-state index in [4.69, 9.17) is 34.8 Å². The number of amides is 1. The van der Waals surface area contributed by atoms with Gasteiger partial charge in [-0.15, -0.1) is 0 Å². The number of aryl methyl sites for hydroxylation is 1. The van der Waals surface area contributed by atoms with E-state index in [9.17, 15) is 9.59 Å². The van der Waals surface area contributed by atoms with E-state index >= 15 is 0 Å². The third-order valence-corrected chi connectivity index (χ3v) is 4.99. The van der Waals surface area contributed by atoms with Crippen LogP contribution in [0.2, 0.25) is 15.1 Å². The minimum Gasteiger partial charge on any atom is -0.325 e. The molecule has 0 fully saturated rings. The van der Waals surface area contributed by atoms with Gasteiger partial charge in [0.2, 0.25) is 5.91 Å². The van der Waals surface area contributed by atoms with Crippen LogP contribution in [-0.4, -0.2) is 11.7 Å². The van der Waals surface area contributed by atoms with E-state index in [-0.39, 0.29) is 18.1 Å². The molecule has 6 heteroatoms. The second-order valence-electron chi connectivity index (χ2n) is 6.17. The number of carbonyl (C=O) groups is 2. The van der Waals surface area contributed by atoms with Crippen molar-refractivity contribution in [1.29, 1.82) is 0 Å². The zero-order chi connectivity index (χ0) is 20.1. The zero-order valence-electron chi connectivity index (χ0n) is 14.7. The van der Waals surface area contributed by atoms with E-state index in [0.29, 0.717) is 38.3 Å². The van der Waals surface area contributed by atoms with E-state index in [1.54, 1.807) is 60.7 Å². The van der Waals surface area contributed by atoms with Crippen molar-refractivity contribution < 1.29 is 9.59 Å². The highest BCUT2D eigenvalue weighted by atomic mass is 35.5. The first-order chi connectivity index (χ1) is 13.4. The maximum atomic E-state index is 12.8. The molecular formula is C22H16Cl3NO2. The summed E-state index contributed by atoms with van der Waals surface area (Å²) in [6.45, 7) is 0. The Morgan fingerprint density at radius 1 is 0.821 bits per heavy atom. The van der Waals surface area contributed by atoms with Gasteiger partial charge < -0.3 is 5.32 Å². The van der Waals surface area contributed by atoms with Gasteiger partial charge in [0.05, 0.1) is 5.69 Å². The second-order valence-corrected chi connectivity index (χ2v) is 7.45. The summed E-state index contributed by atoms with van der Waals surface area (Å²) >= 11 is 18.1. The molecule has 0 atom stereocenters. The molecule has 0 aliphatic heterocycles. The van der Waals surface area contributed by atoms with Crippen LogP contribution in [0.5, 0.6) is 0 Å². The highest BCUT2D eigenvalue weighted by Gasteiger charge is 2.16. The fraction of sp³-hybridized carbons (Fsp3) is 0.0909. The lowest BCUT2D eigenvalue weighted by Gasteiger charge is -2.12. The van der Waals surface area contributed by atoms with Crippen LogP contribution in [-0.2, 0) is 11.2 Å². The lowest BCUT2D eigenvalue weighted by Crippen LogP contribution is -2.15. The van der Waals surface area contributed by atoms with Crippen molar-refractivity contribution in [3.8, 4) is 0 Å². The maximum absolute atomic E-state index is 12.8. The number of benzene rings is 3. The molecule has 3 nitrogen and oxygen atoms in total. The molecule has 28 heavy (non-hydrogen) atoms. The number of rotatable bonds is 6. The Hall–Kier alpha value is -2.33. The summed E-state index contributed by atoms with van der Waals surface area (Å²) < 4.78 is 0. The van der Waals surface area contributed by atoms with Crippen molar-refractivity contribution in [3.63, 3.8) is 0 Å². The molecular weight excluding hydrogens is 417 g/mol. The smallest absolute Gasteiger partial charge is 0.224 e. The molecule has 0 saturated heterocycles. The fourth-order valence-electron chi connectivity index (χ4n) is 2.74. The first-order valence-corrected chi connectivity index (χ1v) is 9.70. The molecule has 142 valence electrons. The van der Waals surface area contributed by atoms with E-state index in [1.807, 2.05) is 6.07 Å². The Labute approximate surface area is 178 Å². The van der Waals surface area contributed by atoms with Gasteiger partial charge in [-0.25, -0.2) is 0 Å². The highest BCUT2D eigenvalue weighted by molar-refractivity contribution is 6.35. The van der Waals surface area contributed by atoms with Crippen LogP contribution in [0.3, 0.4) is 0 Å². The van der Waals surface area contributed by atoms with Gasteiger partial charge >= 0.3 is 0 Å². The largest absolute Gasteiger partial charge is 0.325 e. The summed E-state index contributed by atoms with van der Waals surface area (Å²) in [6, 6.07) is 18.8. The van der Waals surface area contributed by atoms with Gasteiger partial charge in [-0.3, -0.25) is 9.59 Å². The van der Waals surface area contributed by atoms with Gasteiger partial charge in [0, 0.05) is 32.6 Å². The van der Waals surface area contributed by atoms with Gasteiger partial charge in [-0.1, -0.05) is 71.2 Å². The lowest BCUT2D eigenvalue weighted by molar-refractivity contribution is -0.116. The van der Waals surface area contributed by atoms with Crippen LogP contribution in [0.15, 0.2) is 66.7 Å². The predicted octanol–water partition coefficient (Wildman–Crippen LogP) is 6.45. The van der Waals surface area contributed by atoms with E-state index in [0.717, 1.165) is 5.56 Å². The first-order valence-electron chi connectivity index (χ1n) is 8.57. The number of hydrogen-bond acceptors (Lipinski definition) is 2. The standard InChI is InChI=1S/C22H16Cl3NO2/c23-16-9-10-20(18(12-16)22(28)15-4-2-1-3-5-15)26-21(27)11-7-14-6-8-17(24)13-19(14)25/h1-6,8-10,12-13H,7,11H2,(H,26,27). The molecule has 1 N–H and O–H groups in total. The monoisotopic (exact) mass is 431 g/mol. The molecule has 0 radical (unpaired) electrons. The van der Waals surface area contributed by atoms with Gasteiger partial charge in [-0.2, -0.15) is 0 Å². The summed E-state index contributed by atoms with van der Waals surface area (Å²) in [4.78, 5) is 25.3. The Bertz CT molecular complexity index is 1020. The van der Waals surface area contributed by atoms with Gasteiger partial charge in [0.1, 0.15) is 0 Å². The maximum Gasteiger partial charge on any atom is 0.224 e. The summed E-state index contributed by atoms with van der Waals surface area (Å²) in [5, 5.41) is 4.29. The van der Waals surface area contributed by atoms with Crippen molar-refractivity contribution in [1.82, 2.24) is 0 Å². The third kappa shape index (κ3) is 5.14. The topological polar surface area (TPSA) is 46.2 Å². The minimum atomic E-state index is -0.226. The van der Waals surface area contributed by atoms with Crippen LogP contribution >= 0.6 is 34.8 Å². The van der Waals surface area contributed by atoms with Crippen molar-refractivity contribution in [3.05, 3.63) is 98.5 Å². The molecule has 0 unspecified atom stereocenters. The number of halogens is 3. The average Bonchev–Trinajstić information content (AvgIpc) is 2.69. The van der Waals surface area contributed by atoms with E-state index in [2.05, 4.69) is 5.32 Å². The van der Waals surface area contributed by atoms with Crippen molar-refractivity contribution in [2.75, 3.05) is 5.32 Å². The van der Waals surface area contributed by atoms with E-state index in [1.165, 1.54) is 0 Å². The highest BCUT2D eigenvalue weighted by Crippen LogP contribution is 2.25.